The number of rotatable bonds is 9. The fraction of sp³-hybridized carbons (Fsp3) is 0.387. The number of ether oxygens (including phenoxy) is 2. The van der Waals surface area contributed by atoms with Crippen LogP contribution in [0.1, 0.15) is 61.4 Å². The molecule has 4 heterocycles. The number of hydrogen-bond donors (Lipinski definition) is 1. The van der Waals surface area contributed by atoms with E-state index in [9.17, 15) is 22.8 Å². The molecule has 1 fully saturated rings. The van der Waals surface area contributed by atoms with Crippen LogP contribution in [0, 0.1) is 5.92 Å². The summed E-state index contributed by atoms with van der Waals surface area (Å²) in [6, 6.07) is 7.78. The molecule has 2 aliphatic rings. The van der Waals surface area contributed by atoms with Crippen molar-refractivity contribution in [2.75, 3.05) is 11.5 Å². The Balaban J connectivity index is 1.49. The minimum Gasteiger partial charge on any atom is -0.476 e. The number of benzene rings is 1. The van der Waals surface area contributed by atoms with E-state index in [4.69, 9.17) is 27.1 Å². The average Bonchev–Trinajstić information content (AvgIpc) is 3.69. The van der Waals surface area contributed by atoms with Crippen LogP contribution in [0.15, 0.2) is 42.7 Å². The van der Waals surface area contributed by atoms with E-state index < -0.39 is 30.5 Å². The summed E-state index contributed by atoms with van der Waals surface area (Å²) in [7, 11) is 0. The Morgan fingerprint density at radius 3 is 2.62 bits per heavy atom. The first-order valence-electron chi connectivity index (χ1n) is 14.4. The van der Waals surface area contributed by atoms with Crippen LogP contribution in [-0.2, 0) is 22.5 Å². The van der Waals surface area contributed by atoms with Gasteiger partial charge in [-0.1, -0.05) is 17.7 Å². The van der Waals surface area contributed by atoms with Gasteiger partial charge in [-0.25, -0.2) is 9.67 Å². The molecule has 0 spiro atoms. The SMILES string of the molecule is C[C@@H](COC(F)(F)F)n1ncc2c(-c3ccc4c(c3)OC(C)(C)C(=O)N4Cc3ccc(Cl)cn3)c(C(N)=O)c(CC3CC3)nc21. The third-order valence-electron chi connectivity index (χ3n) is 7.92. The number of alkyl halides is 3. The third-order valence-corrected chi connectivity index (χ3v) is 8.15. The van der Waals surface area contributed by atoms with Gasteiger partial charge in [0.2, 0.25) is 0 Å². The van der Waals surface area contributed by atoms with Gasteiger partial charge in [0.15, 0.2) is 11.2 Å². The highest BCUT2D eigenvalue weighted by Crippen LogP contribution is 2.44. The van der Waals surface area contributed by atoms with Crippen LogP contribution in [0.4, 0.5) is 18.9 Å². The van der Waals surface area contributed by atoms with Gasteiger partial charge in [-0.15, -0.1) is 13.2 Å². The second-order valence-corrected chi connectivity index (χ2v) is 12.3. The number of pyridine rings is 2. The van der Waals surface area contributed by atoms with E-state index in [1.165, 1.54) is 24.0 Å². The zero-order chi connectivity index (χ0) is 32.3. The van der Waals surface area contributed by atoms with Crippen molar-refractivity contribution in [3.63, 3.8) is 0 Å². The normalized spacial score (nSPS) is 16.9. The topological polar surface area (TPSA) is 125 Å². The quantitative estimate of drug-likeness (QED) is 0.237. The highest BCUT2D eigenvalue weighted by atomic mass is 35.5. The zero-order valence-electron chi connectivity index (χ0n) is 24.7. The minimum absolute atomic E-state index is 0.164. The Hall–Kier alpha value is -4.23. The molecule has 2 amide bonds. The van der Waals surface area contributed by atoms with E-state index in [1.807, 2.05) is 0 Å². The van der Waals surface area contributed by atoms with Gasteiger partial charge in [0, 0.05) is 17.1 Å². The largest absolute Gasteiger partial charge is 0.522 e. The van der Waals surface area contributed by atoms with Crippen molar-refractivity contribution < 1.29 is 32.2 Å². The van der Waals surface area contributed by atoms with E-state index in [0.717, 1.165) is 12.8 Å². The van der Waals surface area contributed by atoms with Gasteiger partial charge in [0.25, 0.3) is 11.8 Å². The number of carbonyl (C=O) groups is 2. The minimum atomic E-state index is -4.80. The molecule has 2 N–H and O–H groups in total. The Bertz CT molecular complexity index is 1800. The third kappa shape index (κ3) is 6.19. The zero-order valence-corrected chi connectivity index (χ0v) is 25.4. The summed E-state index contributed by atoms with van der Waals surface area (Å²) in [6.45, 7) is 4.35. The van der Waals surface area contributed by atoms with E-state index in [0.29, 0.717) is 62.3 Å². The van der Waals surface area contributed by atoms with Crippen LogP contribution in [0.2, 0.25) is 5.02 Å². The van der Waals surface area contributed by atoms with Crippen molar-refractivity contribution in [2.24, 2.45) is 11.7 Å². The molecule has 4 aromatic rings. The second kappa shape index (κ2) is 11.3. The molecule has 0 radical (unpaired) electrons. The molecule has 0 bridgehead atoms. The number of nitrogens with zero attached hydrogens (tertiary/aromatic N) is 5. The number of aromatic nitrogens is 4. The molecule has 1 aliphatic heterocycles. The van der Waals surface area contributed by atoms with Gasteiger partial charge in [-0.2, -0.15) is 5.10 Å². The fourth-order valence-corrected chi connectivity index (χ4v) is 5.68. The van der Waals surface area contributed by atoms with Crippen LogP contribution in [-0.4, -0.2) is 50.1 Å². The molecular weight excluding hydrogens is 613 g/mol. The summed E-state index contributed by atoms with van der Waals surface area (Å²) in [5.74, 6) is -0.265. The van der Waals surface area contributed by atoms with Gasteiger partial charge >= 0.3 is 6.36 Å². The van der Waals surface area contributed by atoms with Crippen LogP contribution in [0.5, 0.6) is 5.75 Å². The number of halogens is 4. The van der Waals surface area contributed by atoms with Crippen molar-refractivity contribution in [1.29, 1.82) is 0 Å². The van der Waals surface area contributed by atoms with Gasteiger partial charge in [0.05, 0.1) is 53.1 Å². The van der Waals surface area contributed by atoms with Crippen LogP contribution < -0.4 is 15.4 Å². The number of amides is 2. The van der Waals surface area contributed by atoms with Gasteiger partial charge in [-0.3, -0.25) is 24.2 Å². The maximum absolute atomic E-state index is 13.5. The van der Waals surface area contributed by atoms with Crippen LogP contribution in [0.3, 0.4) is 0 Å². The Morgan fingerprint density at radius 2 is 1.98 bits per heavy atom. The smallest absolute Gasteiger partial charge is 0.476 e. The average molecular weight is 643 g/mol. The molecule has 10 nitrogen and oxygen atoms in total. The fourth-order valence-electron chi connectivity index (χ4n) is 5.57. The molecule has 236 valence electrons. The molecule has 0 saturated heterocycles. The number of carbonyl (C=O) groups excluding carboxylic acids is 2. The Morgan fingerprint density at radius 1 is 1.22 bits per heavy atom. The maximum atomic E-state index is 13.5. The number of hydrogen-bond acceptors (Lipinski definition) is 7. The summed E-state index contributed by atoms with van der Waals surface area (Å²) in [5.41, 5.74) is 7.79. The van der Waals surface area contributed by atoms with Crippen molar-refractivity contribution in [3.05, 3.63) is 64.7 Å². The first kappa shape index (κ1) is 30.8. The summed E-state index contributed by atoms with van der Waals surface area (Å²) in [6.07, 6.45) is 0.577. The lowest BCUT2D eigenvalue weighted by atomic mass is 9.92. The lowest BCUT2D eigenvalue weighted by molar-refractivity contribution is -0.327. The summed E-state index contributed by atoms with van der Waals surface area (Å²) < 4.78 is 50.1. The number of nitrogens with two attached hydrogens (primary N) is 1. The van der Waals surface area contributed by atoms with Crippen molar-refractivity contribution in [3.8, 4) is 16.9 Å². The lowest BCUT2D eigenvalue weighted by Crippen LogP contribution is -2.52. The Labute approximate surface area is 261 Å². The molecule has 1 atom stereocenters. The lowest BCUT2D eigenvalue weighted by Gasteiger charge is -2.39. The maximum Gasteiger partial charge on any atom is 0.522 e. The molecule has 6 rings (SSSR count). The van der Waals surface area contributed by atoms with Gasteiger partial charge in [-0.05, 0) is 75.8 Å². The second-order valence-electron chi connectivity index (χ2n) is 11.9. The van der Waals surface area contributed by atoms with E-state index >= 15 is 0 Å². The first-order valence-corrected chi connectivity index (χ1v) is 14.8. The monoisotopic (exact) mass is 642 g/mol. The first-order chi connectivity index (χ1) is 21.2. The van der Waals surface area contributed by atoms with Crippen LogP contribution >= 0.6 is 11.6 Å². The molecule has 0 unspecified atom stereocenters. The molecule has 3 aromatic heterocycles. The van der Waals surface area contributed by atoms with Gasteiger partial charge < -0.3 is 10.5 Å². The van der Waals surface area contributed by atoms with E-state index in [1.54, 1.807) is 49.1 Å². The predicted molar refractivity (Wildman–Crippen MR) is 160 cm³/mol. The molecule has 1 aromatic carbocycles. The molecule has 1 aliphatic carbocycles. The molecule has 1 saturated carbocycles. The van der Waals surface area contributed by atoms with Crippen molar-refractivity contribution in [2.45, 2.75) is 64.6 Å². The van der Waals surface area contributed by atoms with Crippen molar-refractivity contribution >= 4 is 40.1 Å². The number of anilines is 1. The highest BCUT2D eigenvalue weighted by Gasteiger charge is 2.41. The number of primary amides is 1. The molecular formula is C31H30ClF3N6O4. The Kier molecular flexibility index (Phi) is 7.72. The highest BCUT2D eigenvalue weighted by molar-refractivity contribution is 6.30. The van der Waals surface area contributed by atoms with Crippen molar-refractivity contribution in [1.82, 2.24) is 19.7 Å². The van der Waals surface area contributed by atoms with E-state index in [2.05, 4.69) is 14.8 Å². The van der Waals surface area contributed by atoms with Gasteiger partial charge in [0.1, 0.15) is 5.75 Å². The summed E-state index contributed by atoms with van der Waals surface area (Å²) in [4.78, 5) is 37.2. The predicted octanol–water partition coefficient (Wildman–Crippen LogP) is 6.00. The van der Waals surface area contributed by atoms with Crippen LogP contribution in [0.25, 0.3) is 22.2 Å². The summed E-state index contributed by atoms with van der Waals surface area (Å²) >= 11 is 6.00. The number of fused-ring (bicyclic) bond motifs is 2. The summed E-state index contributed by atoms with van der Waals surface area (Å²) in [5, 5.41) is 5.25. The molecule has 14 heteroatoms. The van der Waals surface area contributed by atoms with E-state index in [-0.39, 0.29) is 18.0 Å². The molecule has 45 heavy (non-hydrogen) atoms. The standard InChI is InChI=1S/C31H30ClF3N6O4/c1-16(15-44-31(33,34)35)41-28-21(13-38-41)25(26(27(36)42)22(39-28)10-17-4-5-17)18-6-9-23-24(11-18)45-30(2,3)29(43)40(23)14-20-8-7-19(32)12-37-20/h6-9,11-13,16-17H,4-5,10,14-15H2,1-3H3,(H2,36,42)/t16-/m0/s1.